The molecule has 0 atom stereocenters. The second-order valence-corrected chi connectivity index (χ2v) is 4.93. The van der Waals surface area contributed by atoms with Crippen molar-refractivity contribution in [1.82, 2.24) is 0 Å². The Balaban J connectivity index is 0.00000277. The van der Waals surface area contributed by atoms with E-state index < -0.39 is 7.12 Å². The van der Waals surface area contributed by atoms with E-state index in [1.807, 2.05) is 70.2 Å². The third-order valence-electron chi connectivity index (χ3n) is 3.25. The van der Waals surface area contributed by atoms with Gasteiger partial charge in [0, 0.05) is 0 Å². The van der Waals surface area contributed by atoms with E-state index in [0.29, 0.717) is 5.46 Å². The normalized spacial score (nSPS) is 12.1. The smallest absolute Gasteiger partial charge is 0.423 e. The average molecular weight is 336 g/mol. The number of hydrogen-bond donors (Lipinski definition) is 2. The van der Waals surface area contributed by atoms with Gasteiger partial charge in [-0.05, 0) is 47.6 Å². The van der Waals surface area contributed by atoms with Crippen LogP contribution in [-0.4, -0.2) is 17.2 Å². The Morgan fingerprint density at radius 3 is 1.96 bits per heavy atom. The second kappa shape index (κ2) is 13.0. The summed E-state index contributed by atoms with van der Waals surface area (Å²) in [6.07, 6.45) is 15.1. The summed E-state index contributed by atoms with van der Waals surface area (Å²) < 4.78 is 0. The van der Waals surface area contributed by atoms with Gasteiger partial charge in [-0.15, -0.1) is 0 Å². The first kappa shape index (κ1) is 22.6. The average Bonchev–Trinajstić information content (AvgIpc) is 2.64. The maximum Gasteiger partial charge on any atom is 0.488 e. The fraction of sp³-hybridized carbons (Fsp3) is 0.182. The van der Waals surface area contributed by atoms with E-state index in [1.165, 1.54) is 0 Å². The summed E-state index contributed by atoms with van der Waals surface area (Å²) in [5, 5.41) is 19.2. The molecule has 0 spiro atoms. The van der Waals surface area contributed by atoms with Crippen molar-refractivity contribution in [3.8, 4) is 0 Å². The number of allylic oxidation sites excluding steroid dienone is 10. The van der Waals surface area contributed by atoms with Gasteiger partial charge in [0.1, 0.15) is 0 Å². The highest BCUT2D eigenvalue weighted by Gasteiger charge is 2.14. The Morgan fingerprint density at radius 1 is 0.920 bits per heavy atom. The molecule has 132 valence electrons. The second-order valence-electron chi connectivity index (χ2n) is 4.93. The Morgan fingerprint density at radius 2 is 1.52 bits per heavy atom. The quantitative estimate of drug-likeness (QED) is 0.560. The first-order valence-corrected chi connectivity index (χ1v) is 8.50. The van der Waals surface area contributed by atoms with Crippen LogP contribution in [0.15, 0.2) is 80.0 Å². The minimum atomic E-state index is -1.53. The molecule has 1 rings (SSSR count). The molecule has 0 saturated carbocycles. The Bertz CT molecular complexity index is 677. The lowest BCUT2D eigenvalue weighted by molar-refractivity contribution is 0.426. The third-order valence-corrected chi connectivity index (χ3v) is 3.25. The van der Waals surface area contributed by atoms with Crippen LogP contribution in [0.1, 0.15) is 38.8 Å². The molecule has 0 fully saturated rings. The van der Waals surface area contributed by atoms with Gasteiger partial charge in [0.15, 0.2) is 0 Å². The molecule has 0 heterocycles. The van der Waals surface area contributed by atoms with Crippen LogP contribution in [0.25, 0.3) is 11.1 Å². The van der Waals surface area contributed by atoms with Crippen LogP contribution in [0, 0.1) is 0 Å². The zero-order valence-corrected chi connectivity index (χ0v) is 15.7. The molecule has 0 unspecified atom stereocenters. The summed E-state index contributed by atoms with van der Waals surface area (Å²) in [5.41, 5.74) is 4.05. The molecule has 0 amide bonds. The molecule has 0 aliphatic carbocycles. The largest absolute Gasteiger partial charge is 0.488 e. The first-order valence-electron chi connectivity index (χ1n) is 8.50. The van der Waals surface area contributed by atoms with Crippen molar-refractivity contribution < 1.29 is 10.0 Å². The maximum atomic E-state index is 9.58. The molecule has 2 nitrogen and oxygen atoms in total. The van der Waals surface area contributed by atoms with Crippen molar-refractivity contribution in [3.63, 3.8) is 0 Å². The lowest BCUT2D eigenvalue weighted by atomic mass is 9.77. The molecule has 0 aliphatic rings. The summed E-state index contributed by atoms with van der Waals surface area (Å²) in [7, 11) is -1.53. The zero-order valence-electron chi connectivity index (χ0n) is 15.7. The lowest BCUT2D eigenvalue weighted by Crippen LogP contribution is -2.30. The molecule has 0 bridgehead atoms. The summed E-state index contributed by atoms with van der Waals surface area (Å²) >= 11 is 0. The van der Waals surface area contributed by atoms with Crippen LogP contribution in [0.3, 0.4) is 0 Å². The van der Waals surface area contributed by atoms with Crippen LogP contribution in [0.2, 0.25) is 0 Å². The molecule has 0 saturated heterocycles. The van der Waals surface area contributed by atoms with E-state index in [4.69, 9.17) is 0 Å². The number of benzene rings is 1. The highest BCUT2D eigenvalue weighted by atomic mass is 16.4. The molecule has 25 heavy (non-hydrogen) atoms. The highest BCUT2D eigenvalue weighted by molar-refractivity contribution is 6.58. The third kappa shape index (κ3) is 7.38. The molecular formula is C22H29BO2. The molecule has 1 aromatic rings. The Hall–Kier alpha value is -2.36. The topological polar surface area (TPSA) is 40.5 Å². The predicted octanol–water partition coefficient (Wildman–Crippen LogP) is 4.68. The van der Waals surface area contributed by atoms with Gasteiger partial charge in [0.05, 0.1) is 0 Å². The van der Waals surface area contributed by atoms with E-state index in [-0.39, 0.29) is 0 Å². The summed E-state index contributed by atoms with van der Waals surface area (Å²) in [5.74, 6) is 0. The van der Waals surface area contributed by atoms with Crippen LogP contribution in [-0.2, 0) is 0 Å². The monoisotopic (exact) mass is 336 g/mol. The molecular weight excluding hydrogens is 307 g/mol. The minimum Gasteiger partial charge on any atom is -0.423 e. The van der Waals surface area contributed by atoms with Gasteiger partial charge >= 0.3 is 7.12 Å². The minimum absolute atomic E-state index is 0.435. The van der Waals surface area contributed by atoms with Gasteiger partial charge in [-0.25, -0.2) is 0 Å². The van der Waals surface area contributed by atoms with Gasteiger partial charge in [-0.2, -0.15) is 0 Å². The van der Waals surface area contributed by atoms with Crippen molar-refractivity contribution in [1.29, 1.82) is 0 Å². The van der Waals surface area contributed by atoms with Gasteiger partial charge in [0.25, 0.3) is 0 Å². The Kier molecular flexibility index (Phi) is 11.8. The van der Waals surface area contributed by atoms with E-state index >= 15 is 0 Å². The van der Waals surface area contributed by atoms with Crippen molar-refractivity contribution >= 4 is 23.7 Å². The highest BCUT2D eigenvalue weighted by Crippen LogP contribution is 2.22. The standard InChI is InChI=1S/C20H23BO2.C2H6/c1-5-9-12-17(11-7-3)19-13-18(16(8-4)10-6-2)14-20(15-19)21(22)23;1-2/h5-15,22-23H,2,4H2,1,3H3;1-2H3/b9-5-,11-7-,16-10+,17-12+;. The lowest BCUT2D eigenvalue weighted by Gasteiger charge is -2.11. The first-order chi connectivity index (χ1) is 12.1. The van der Waals surface area contributed by atoms with Gasteiger partial charge in [-0.1, -0.05) is 87.7 Å². The summed E-state index contributed by atoms with van der Waals surface area (Å²) in [6, 6.07) is 5.52. The van der Waals surface area contributed by atoms with Crippen LogP contribution in [0.5, 0.6) is 0 Å². The summed E-state index contributed by atoms with van der Waals surface area (Å²) in [4.78, 5) is 0. The zero-order chi connectivity index (χ0) is 19.2. The molecule has 2 N–H and O–H groups in total. The van der Waals surface area contributed by atoms with Gasteiger partial charge in [0.2, 0.25) is 0 Å². The van der Waals surface area contributed by atoms with Crippen LogP contribution < -0.4 is 5.46 Å². The number of rotatable bonds is 7. The van der Waals surface area contributed by atoms with Crippen molar-refractivity contribution in [2.24, 2.45) is 0 Å². The molecule has 0 radical (unpaired) electrons. The predicted molar refractivity (Wildman–Crippen MR) is 114 cm³/mol. The Labute approximate surface area is 153 Å². The van der Waals surface area contributed by atoms with E-state index in [1.54, 1.807) is 24.3 Å². The fourth-order valence-electron chi connectivity index (χ4n) is 2.17. The van der Waals surface area contributed by atoms with E-state index in [2.05, 4.69) is 13.2 Å². The van der Waals surface area contributed by atoms with Crippen LogP contribution >= 0.6 is 0 Å². The molecule has 0 aromatic heterocycles. The van der Waals surface area contributed by atoms with Crippen LogP contribution in [0.4, 0.5) is 0 Å². The molecule has 3 heteroatoms. The van der Waals surface area contributed by atoms with Gasteiger partial charge < -0.3 is 10.0 Å². The van der Waals surface area contributed by atoms with E-state index in [9.17, 15) is 10.0 Å². The van der Waals surface area contributed by atoms with Gasteiger partial charge in [-0.3, -0.25) is 0 Å². The maximum absolute atomic E-state index is 9.58. The van der Waals surface area contributed by atoms with Crippen molar-refractivity contribution in [3.05, 3.63) is 91.1 Å². The molecule has 0 aliphatic heterocycles. The molecule has 1 aromatic carbocycles. The fourth-order valence-corrected chi connectivity index (χ4v) is 2.17. The van der Waals surface area contributed by atoms with E-state index in [0.717, 1.165) is 22.3 Å². The summed E-state index contributed by atoms with van der Waals surface area (Å²) in [6.45, 7) is 15.4. The number of hydrogen-bond acceptors (Lipinski definition) is 2. The van der Waals surface area contributed by atoms with Crippen molar-refractivity contribution in [2.75, 3.05) is 0 Å². The SMILES string of the molecule is C=C/C=C(\C=C)c1cc(B(O)O)cc(C(/C=C\C)=C/C=C\C)c1.CC. The van der Waals surface area contributed by atoms with Crippen molar-refractivity contribution in [2.45, 2.75) is 27.7 Å².